The topological polar surface area (TPSA) is 24.9 Å². The molecule has 1 atom stereocenters. The molecule has 0 aliphatic carbocycles. The van der Waals surface area contributed by atoms with Crippen molar-refractivity contribution in [2.45, 2.75) is 25.8 Å². The monoisotopic (exact) mass is 262 g/mol. The van der Waals surface area contributed by atoms with Crippen LogP contribution in [0.5, 0.6) is 0 Å². The van der Waals surface area contributed by atoms with Crippen LogP contribution < -0.4 is 5.32 Å². The van der Waals surface area contributed by atoms with E-state index in [1.807, 2.05) is 13.0 Å². The molecule has 0 spiro atoms. The summed E-state index contributed by atoms with van der Waals surface area (Å²) in [5, 5.41) is 6.42. The molecule has 0 bridgehead atoms. The van der Waals surface area contributed by atoms with Gasteiger partial charge in [-0.3, -0.25) is 0 Å². The maximum Gasteiger partial charge on any atom is 0.124 e. The second kappa shape index (κ2) is 4.78. The highest BCUT2D eigenvalue weighted by Gasteiger charge is 2.19. The number of halogens is 1. The van der Waals surface area contributed by atoms with E-state index in [4.69, 9.17) is 0 Å². The van der Waals surface area contributed by atoms with E-state index in [0.29, 0.717) is 6.04 Å². The molecule has 0 saturated carbocycles. The zero-order valence-corrected chi connectivity index (χ0v) is 11.1. The van der Waals surface area contributed by atoms with Crippen LogP contribution in [0.25, 0.3) is 10.6 Å². The lowest BCUT2D eigenvalue weighted by Crippen LogP contribution is -2.12. The first-order chi connectivity index (χ1) is 8.72. The van der Waals surface area contributed by atoms with Crippen molar-refractivity contribution in [2.24, 2.45) is 0 Å². The van der Waals surface area contributed by atoms with E-state index in [1.54, 1.807) is 17.4 Å². The van der Waals surface area contributed by atoms with Crippen molar-refractivity contribution in [1.29, 1.82) is 0 Å². The highest BCUT2D eigenvalue weighted by atomic mass is 32.1. The fourth-order valence-corrected chi connectivity index (χ4v) is 3.24. The number of nitrogens with one attached hydrogen (secondary N) is 1. The lowest BCUT2D eigenvalue weighted by molar-refractivity contribution is 0.626. The van der Waals surface area contributed by atoms with Gasteiger partial charge in [0.1, 0.15) is 10.8 Å². The summed E-state index contributed by atoms with van der Waals surface area (Å²) in [5.74, 6) is -0.194. The van der Waals surface area contributed by atoms with Crippen LogP contribution in [0, 0.1) is 12.7 Å². The molecule has 2 nitrogen and oxygen atoms in total. The predicted octanol–water partition coefficient (Wildman–Crippen LogP) is 3.68. The summed E-state index contributed by atoms with van der Waals surface area (Å²) < 4.78 is 13.4. The van der Waals surface area contributed by atoms with Crippen LogP contribution >= 0.6 is 11.3 Å². The maximum atomic E-state index is 13.4. The Labute approximate surface area is 110 Å². The van der Waals surface area contributed by atoms with Crippen molar-refractivity contribution in [3.63, 3.8) is 0 Å². The van der Waals surface area contributed by atoms with Crippen LogP contribution in [0.15, 0.2) is 23.6 Å². The zero-order valence-electron chi connectivity index (χ0n) is 10.2. The van der Waals surface area contributed by atoms with Crippen molar-refractivity contribution >= 4 is 11.3 Å². The third-order valence-electron chi connectivity index (χ3n) is 3.23. The number of aryl methyl sites for hydroxylation is 1. The first-order valence-corrected chi connectivity index (χ1v) is 7.07. The quantitative estimate of drug-likeness (QED) is 0.893. The summed E-state index contributed by atoms with van der Waals surface area (Å²) >= 11 is 1.59. The van der Waals surface area contributed by atoms with E-state index in [1.165, 1.54) is 12.5 Å². The molecule has 1 saturated heterocycles. The minimum absolute atomic E-state index is 0.194. The third kappa shape index (κ3) is 2.31. The highest BCUT2D eigenvalue weighted by molar-refractivity contribution is 7.13. The van der Waals surface area contributed by atoms with Gasteiger partial charge in [0, 0.05) is 10.9 Å². The predicted molar refractivity (Wildman–Crippen MR) is 72.2 cm³/mol. The van der Waals surface area contributed by atoms with Gasteiger partial charge in [-0.1, -0.05) is 0 Å². The minimum atomic E-state index is -0.194. The van der Waals surface area contributed by atoms with Crippen LogP contribution in [-0.4, -0.2) is 11.5 Å². The number of aromatic nitrogens is 1. The number of hydrogen-bond acceptors (Lipinski definition) is 3. The molecule has 1 unspecified atom stereocenters. The molecule has 1 N–H and O–H groups in total. The molecule has 1 aromatic carbocycles. The van der Waals surface area contributed by atoms with Crippen molar-refractivity contribution in [3.8, 4) is 10.6 Å². The molecule has 18 heavy (non-hydrogen) atoms. The van der Waals surface area contributed by atoms with Crippen LogP contribution in [0.4, 0.5) is 4.39 Å². The van der Waals surface area contributed by atoms with Gasteiger partial charge in [-0.15, -0.1) is 11.3 Å². The van der Waals surface area contributed by atoms with Gasteiger partial charge in [-0.2, -0.15) is 0 Å². The van der Waals surface area contributed by atoms with Crippen molar-refractivity contribution in [2.75, 3.05) is 6.54 Å². The first kappa shape index (κ1) is 11.8. The van der Waals surface area contributed by atoms with E-state index in [-0.39, 0.29) is 5.82 Å². The van der Waals surface area contributed by atoms with Crippen LogP contribution in [0.3, 0.4) is 0 Å². The van der Waals surface area contributed by atoms with E-state index in [0.717, 1.165) is 34.8 Å². The Morgan fingerprint density at radius 3 is 3.00 bits per heavy atom. The van der Waals surface area contributed by atoms with Crippen LogP contribution in [0.1, 0.15) is 30.1 Å². The molecule has 1 fully saturated rings. The van der Waals surface area contributed by atoms with Gasteiger partial charge in [0.2, 0.25) is 0 Å². The van der Waals surface area contributed by atoms with E-state index in [9.17, 15) is 4.39 Å². The number of rotatable bonds is 2. The van der Waals surface area contributed by atoms with Crippen LogP contribution in [0.2, 0.25) is 0 Å². The largest absolute Gasteiger partial charge is 0.309 e. The summed E-state index contributed by atoms with van der Waals surface area (Å²) in [7, 11) is 0. The SMILES string of the molecule is Cc1cc(F)cc(-c2nc(C3CCCN3)cs2)c1. The van der Waals surface area contributed by atoms with Gasteiger partial charge in [0.05, 0.1) is 11.7 Å². The van der Waals surface area contributed by atoms with Gasteiger partial charge < -0.3 is 5.32 Å². The maximum absolute atomic E-state index is 13.4. The van der Waals surface area contributed by atoms with E-state index in [2.05, 4.69) is 15.7 Å². The van der Waals surface area contributed by atoms with Gasteiger partial charge in [0.15, 0.2) is 0 Å². The van der Waals surface area contributed by atoms with Gasteiger partial charge >= 0.3 is 0 Å². The summed E-state index contributed by atoms with van der Waals surface area (Å²) in [4.78, 5) is 4.63. The van der Waals surface area contributed by atoms with E-state index < -0.39 is 0 Å². The first-order valence-electron chi connectivity index (χ1n) is 6.19. The Morgan fingerprint density at radius 1 is 1.39 bits per heavy atom. The molecule has 1 aromatic heterocycles. The molecule has 1 aliphatic rings. The lowest BCUT2D eigenvalue weighted by atomic mass is 10.1. The third-order valence-corrected chi connectivity index (χ3v) is 4.14. The molecule has 0 radical (unpaired) electrons. The Balaban J connectivity index is 1.92. The van der Waals surface area contributed by atoms with Crippen molar-refractivity contribution in [3.05, 3.63) is 40.7 Å². The van der Waals surface area contributed by atoms with Gasteiger partial charge in [0.25, 0.3) is 0 Å². The standard InChI is InChI=1S/C14H15FN2S/c1-9-5-10(7-11(15)6-9)14-17-13(8-18-14)12-3-2-4-16-12/h5-8,12,16H,2-4H2,1H3. The Hall–Kier alpha value is -1.26. The normalized spacial score (nSPS) is 19.3. The number of hydrogen-bond donors (Lipinski definition) is 1. The molecule has 94 valence electrons. The number of thiazole rings is 1. The molecule has 1 aliphatic heterocycles. The molecule has 3 rings (SSSR count). The summed E-state index contributed by atoms with van der Waals surface area (Å²) in [6, 6.07) is 5.45. The van der Waals surface area contributed by atoms with Gasteiger partial charge in [-0.25, -0.2) is 9.37 Å². The second-order valence-corrected chi connectivity index (χ2v) is 5.60. The molecule has 2 aromatic rings. The Kier molecular flexibility index (Phi) is 3.14. The van der Waals surface area contributed by atoms with Crippen molar-refractivity contribution in [1.82, 2.24) is 10.3 Å². The number of nitrogens with zero attached hydrogens (tertiary/aromatic N) is 1. The highest BCUT2D eigenvalue weighted by Crippen LogP contribution is 2.30. The van der Waals surface area contributed by atoms with E-state index >= 15 is 0 Å². The fourth-order valence-electron chi connectivity index (χ4n) is 2.38. The molecular weight excluding hydrogens is 247 g/mol. The molecule has 0 amide bonds. The summed E-state index contributed by atoms with van der Waals surface area (Å²) in [5.41, 5.74) is 2.90. The number of benzene rings is 1. The Morgan fingerprint density at radius 2 is 2.28 bits per heavy atom. The average Bonchev–Trinajstić information content (AvgIpc) is 2.99. The molecule has 4 heteroatoms. The average molecular weight is 262 g/mol. The lowest BCUT2D eigenvalue weighted by Gasteiger charge is -2.05. The van der Waals surface area contributed by atoms with Crippen LogP contribution in [-0.2, 0) is 0 Å². The molecule has 2 heterocycles. The zero-order chi connectivity index (χ0) is 12.5. The molecular formula is C14H15FN2S. The smallest absolute Gasteiger partial charge is 0.124 e. The minimum Gasteiger partial charge on any atom is -0.309 e. The van der Waals surface area contributed by atoms with Gasteiger partial charge in [-0.05, 0) is 50.1 Å². The fraction of sp³-hybridized carbons (Fsp3) is 0.357. The summed E-state index contributed by atoms with van der Waals surface area (Å²) in [6.07, 6.45) is 2.35. The second-order valence-electron chi connectivity index (χ2n) is 4.74. The Bertz CT molecular complexity index is 538. The summed E-state index contributed by atoms with van der Waals surface area (Å²) in [6.45, 7) is 2.97. The van der Waals surface area contributed by atoms with Crippen molar-refractivity contribution < 1.29 is 4.39 Å².